The van der Waals surface area contributed by atoms with E-state index in [9.17, 15) is 4.79 Å². The van der Waals surface area contributed by atoms with Gasteiger partial charge in [-0.1, -0.05) is 0 Å². The van der Waals surface area contributed by atoms with E-state index in [2.05, 4.69) is 23.7 Å². The van der Waals surface area contributed by atoms with Gasteiger partial charge in [-0.25, -0.2) is 4.98 Å². The van der Waals surface area contributed by atoms with Crippen LogP contribution in [-0.2, 0) is 0 Å². The highest BCUT2D eigenvalue weighted by Gasteiger charge is 2.32. The van der Waals surface area contributed by atoms with Crippen LogP contribution < -0.4 is 4.90 Å². The van der Waals surface area contributed by atoms with Crippen molar-refractivity contribution in [2.75, 3.05) is 11.4 Å². The third-order valence-electron chi connectivity index (χ3n) is 3.33. The highest BCUT2D eigenvalue weighted by Crippen LogP contribution is 2.32. The smallest absolute Gasteiger partial charge is 0.161 e. The molecule has 1 fully saturated rings. The number of Topliss-reactive ketones (excluding diaryl/α,β-unsaturated/α-hetero) is 1. The molecular weight excluding hydrogens is 200 g/mol. The molecule has 0 aliphatic carbocycles. The minimum Gasteiger partial charge on any atom is -0.352 e. The predicted octanol–water partition coefficient (Wildman–Crippen LogP) is 2.66. The van der Waals surface area contributed by atoms with Gasteiger partial charge in [-0.15, -0.1) is 0 Å². The fourth-order valence-corrected chi connectivity index (χ4v) is 2.29. The van der Waals surface area contributed by atoms with Gasteiger partial charge in [-0.05, 0) is 45.7 Å². The largest absolute Gasteiger partial charge is 0.352 e. The van der Waals surface area contributed by atoms with Crippen LogP contribution in [0.15, 0.2) is 18.3 Å². The lowest BCUT2D eigenvalue weighted by atomic mass is 10.0. The third-order valence-corrected chi connectivity index (χ3v) is 3.33. The van der Waals surface area contributed by atoms with Gasteiger partial charge in [0.15, 0.2) is 5.78 Å². The second-order valence-electron chi connectivity index (χ2n) is 5.03. The summed E-state index contributed by atoms with van der Waals surface area (Å²) in [6, 6.07) is 3.81. The maximum atomic E-state index is 11.2. The SMILES string of the molecule is CC(=O)c1ccc(N2CCCC2(C)C)nc1. The lowest BCUT2D eigenvalue weighted by Crippen LogP contribution is -2.38. The maximum Gasteiger partial charge on any atom is 0.161 e. The molecule has 3 nitrogen and oxygen atoms in total. The molecule has 0 aromatic carbocycles. The average molecular weight is 218 g/mol. The first kappa shape index (κ1) is 11.1. The summed E-state index contributed by atoms with van der Waals surface area (Å²) < 4.78 is 0. The normalized spacial score (nSPS) is 18.8. The Labute approximate surface area is 96.5 Å². The van der Waals surface area contributed by atoms with Gasteiger partial charge >= 0.3 is 0 Å². The minimum atomic E-state index is 0.0692. The number of hydrogen-bond acceptors (Lipinski definition) is 3. The highest BCUT2D eigenvalue weighted by molar-refractivity contribution is 5.93. The number of anilines is 1. The van der Waals surface area contributed by atoms with Gasteiger partial charge in [0, 0.05) is 23.8 Å². The van der Waals surface area contributed by atoms with Crippen molar-refractivity contribution in [3.63, 3.8) is 0 Å². The molecule has 1 aliphatic rings. The summed E-state index contributed by atoms with van der Waals surface area (Å²) in [5.41, 5.74) is 0.867. The van der Waals surface area contributed by atoms with Crippen molar-refractivity contribution in [2.45, 2.75) is 39.2 Å². The zero-order valence-corrected chi connectivity index (χ0v) is 10.2. The molecule has 86 valence electrons. The van der Waals surface area contributed by atoms with Gasteiger partial charge in [0.1, 0.15) is 5.82 Å². The molecule has 0 atom stereocenters. The fourth-order valence-electron chi connectivity index (χ4n) is 2.29. The molecule has 3 heteroatoms. The quantitative estimate of drug-likeness (QED) is 0.715. The van der Waals surface area contributed by atoms with E-state index in [1.165, 1.54) is 12.8 Å². The number of aromatic nitrogens is 1. The summed E-state index contributed by atoms with van der Waals surface area (Å²) in [5, 5.41) is 0. The van der Waals surface area contributed by atoms with Crippen LogP contribution in [0.2, 0.25) is 0 Å². The van der Waals surface area contributed by atoms with Gasteiger partial charge in [0.25, 0.3) is 0 Å². The van der Waals surface area contributed by atoms with Crippen LogP contribution >= 0.6 is 0 Å². The summed E-state index contributed by atoms with van der Waals surface area (Å²) in [7, 11) is 0. The number of rotatable bonds is 2. The number of carbonyl (C=O) groups excluding carboxylic acids is 1. The fraction of sp³-hybridized carbons (Fsp3) is 0.538. The van der Waals surface area contributed by atoms with Crippen molar-refractivity contribution < 1.29 is 4.79 Å². The number of carbonyl (C=O) groups is 1. The Hall–Kier alpha value is -1.38. The van der Waals surface area contributed by atoms with Crippen LogP contribution in [0.1, 0.15) is 44.0 Å². The van der Waals surface area contributed by atoms with E-state index >= 15 is 0 Å². The van der Waals surface area contributed by atoms with Gasteiger partial charge < -0.3 is 4.90 Å². The molecule has 1 aromatic rings. The summed E-state index contributed by atoms with van der Waals surface area (Å²) in [6.45, 7) is 7.09. The standard InChI is InChI=1S/C13H18N2O/c1-10(16)11-5-6-12(14-9-11)15-8-4-7-13(15,2)3/h5-6,9H,4,7-8H2,1-3H3. The molecule has 0 saturated carbocycles. The Morgan fingerprint density at radius 3 is 2.62 bits per heavy atom. The summed E-state index contributed by atoms with van der Waals surface area (Å²) in [5.74, 6) is 1.05. The van der Waals surface area contributed by atoms with Crippen LogP contribution in [0.4, 0.5) is 5.82 Å². The van der Waals surface area contributed by atoms with Crippen molar-refractivity contribution in [1.29, 1.82) is 0 Å². The van der Waals surface area contributed by atoms with Crippen molar-refractivity contribution in [2.24, 2.45) is 0 Å². The van der Waals surface area contributed by atoms with Crippen molar-refractivity contribution in [1.82, 2.24) is 4.98 Å². The molecule has 2 rings (SSSR count). The van der Waals surface area contributed by atoms with E-state index in [-0.39, 0.29) is 11.3 Å². The number of nitrogens with zero attached hydrogens (tertiary/aromatic N) is 2. The highest BCUT2D eigenvalue weighted by atomic mass is 16.1. The second kappa shape index (κ2) is 3.89. The molecule has 0 bridgehead atoms. The first-order valence-electron chi connectivity index (χ1n) is 5.75. The minimum absolute atomic E-state index is 0.0692. The van der Waals surface area contributed by atoms with Gasteiger partial charge in [0.05, 0.1) is 0 Å². The Kier molecular flexibility index (Phi) is 2.70. The Morgan fingerprint density at radius 1 is 1.44 bits per heavy atom. The van der Waals surface area contributed by atoms with Crippen molar-refractivity contribution in [3.05, 3.63) is 23.9 Å². The zero-order chi connectivity index (χ0) is 11.8. The number of hydrogen-bond donors (Lipinski definition) is 0. The van der Waals surface area contributed by atoms with E-state index < -0.39 is 0 Å². The molecule has 0 radical (unpaired) electrons. The van der Waals surface area contributed by atoms with Crippen LogP contribution in [-0.4, -0.2) is 22.9 Å². The molecule has 1 aliphatic heterocycles. The molecule has 1 saturated heterocycles. The molecule has 0 amide bonds. The van der Waals surface area contributed by atoms with Crippen LogP contribution in [0.3, 0.4) is 0 Å². The van der Waals surface area contributed by atoms with E-state index in [0.29, 0.717) is 5.56 Å². The van der Waals surface area contributed by atoms with E-state index in [1.54, 1.807) is 13.1 Å². The Bertz CT molecular complexity index is 395. The van der Waals surface area contributed by atoms with Gasteiger partial charge in [-0.2, -0.15) is 0 Å². The molecule has 0 spiro atoms. The molecule has 2 heterocycles. The summed E-state index contributed by atoms with van der Waals surface area (Å²) >= 11 is 0. The first-order chi connectivity index (χ1) is 7.50. The van der Waals surface area contributed by atoms with Crippen molar-refractivity contribution in [3.8, 4) is 0 Å². The summed E-state index contributed by atoms with van der Waals surface area (Å²) in [4.78, 5) is 17.9. The monoisotopic (exact) mass is 218 g/mol. The molecular formula is C13H18N2O. The topological polar surface area (TPSA) is 33.2 Å². The lowest BCUT2D eigenvalue weighted by molar-refractivity contribution is 0.101. The van der Waals surface area contributed by atoms with Crippen LogP contribution in [0.25, 0.3) is 0 Å². The molecule has 0 unspecified atom stereocenters. The zero-order valence-electron chi connectivity index (χ0n) is 10.2. The first-order valence-corrected chi connectivity index (χ1v) is 5.75. The average Bonchev–Trinajstić information content (AvgIpc) is 2.58. The maximum absolute atomic E-state index is 11.2. The Balaban J connectivity index is 2.25. The predicted molar refractivity (Wildman–Crippen MR) is 64.9 cm³/mol. The molecule has 0 N–H and O–H groups in total. The van der Waals surface area contributed by atoms with Gasteiger partial charge in [-0.3, -0.25) is 4.79 Å². The number of ketones is 1. The van der Waals surface area contributed by atoms with Crippen LogP contribution in [0, 0.1) is 0 Å². The number of pyridine rings is 1. The van der Waals surface area contributed by atoms with Crippen LogP contribution in [0.5, 0.6) is 0 Å². The summed E-state index contributed by atoms with van der Waals surface area (Å²) in [6.07, 6.45) is 4.08. The second-order valence-corrected chi connectivity index (χ2v) is 5.03. The van der Waals surface area contributed by atoms with E-state index in [4.69, 9.17) is 0 Å². The van der Waals surface area contributed by atoms with Crippen molar-refractivity contribution >= 4 is 11.6 Å². The molecule has 1 aromatic heterocycles. The van der Waals surface area contributed by atoms with Gasteiger partial charge in [0.2, 0.25) is 0 Å². The van der Waals surface area contributed by atoms with E-state index in [1.807, 2.05) is 12.1 Å². The lowest BCUT2D eigenvalue weighted by Gasteiger charge is -2.32. The van der Waals surface area contributed by atoms with E-state index in [0.717, 1.165) is 12.4 Å². The molecule has 16 heavy (non-hydrogen) atoms. The third kappa shape index (κ3) is 1.94. The Morgan fingerprint density at radius 2 is 2.19 bits per heavy atom.